The van der Waals surface area contributed by atoms with Gasteiger partial charge in [-0.3, -0.25) is 65.0 Å². The average molecular weight is 1470 g/mol. The van der Waals surface area contributed by atoms with Crippen LogP contribution < -0.4 is 38.6 Å². The lowest BCUT2D eigenvalue weighted by atomic mass is 10.1. The number of aromatic amines is 2. The number of aryl methyl sites for hydroxylation is 1. The Bertz CT molecular complexity index is 4680. The standard InChI is InChI=1S/C41H51F2N20O28P5/c1-59-11-63(33-21(59)35(69)58-41(47)56-33)39-25(67)23(65)13(85-39)3-82-94(74,75)90-96(78,79)91-95(76,77)83-5-15-27(17(43)37(87-15)61-9-53-19-29(45)49-7-51-31(19)61)89-93(72,73)81-4-14-26(16(42)36(86-14)60-8-52-18-28(44)48-6-50-30(18)60)88-92(70,71)80-2-12-22(64)24(66)38(84-12)62-10-54-20-32(62)55-40(46)57-34(20)68/h6-17,22-27,36-39,64-67H,2-5H2,1H3,(H14-,44,45,46,47,48,49,50,51,55,56,57,58,68,69,70,71,72,73,74,75,76,77,78,79)/p+1/t12-,13-,14-,15-,16+,17+,22?,23+,24+,25?,26?,27?,36-,37-,38-,39-/m1/s1. The Labute approximate surface area is 528 Å². The second kappa shape index (κ2) is 25.8. The zero-order valence-electron chi connectivity index (χ0n) is 47.9. The number of aliphatic hydroxyl groups is 4. The van der Waals surface area contributed by atoms with Crippen molar-refractivity contribution < 1.29 is 136 Å². The van der Waals surface area contributed by atoms with Gasteiger partial charge in [-0.15, -0.1) is 0 Å². The van der Waals surface area contributed by atoms with Crippen LogP contribution >= 0.6 is 39.1 Å². The van der Waals surface area contributed by atoms with E-state index in [9.17, 15) is 77.3 Å². The van der Waals surface area contributed by atoms with Crippen LogP contribution in [0.2, 0.25) is 0 Å². The first-order valence-electron chi connectivity index (χ1n) is 27.1. The molecule has 0 radical (unpaired) electrons. The molecule has 4 aliphatic rings. The first kappa shape index (κ1) is 69.1. The summed E-state index contributed by atoms with van der Waals surface area (Å²) in [4.78, 5) is 119. The molecule has 55 heteroatoms. The van der Waals surface area contributed by atoms with Crippen LogP contribution in [0.5, 0.6) is 0 Å². The van der Waals surface area contributed by atoms with E-state index in [2.05, 4.69) is 68.0 Å². The van der Waals surface area contributed by atoms with Crippen LogP contribution in [0.4, 0.5) is 32.3 Å². The fourth-order valence-electron chi connectivity index (χ4n) is 10.6. The lowest BCUT2D eigenvalue weighted by Gasteiger charge is -2.25. The number of nitrogens with zero attached hydrogens (tertiary/aromatic N) is 14. The summed E-state index contributed by atoms with van der Waals surface area (Å²) in [7, 11) is -28.7. The number of phosphoric acid groups is 5. The molecule has 21 atom stereocenters. The molecule has 4 aliphatic heterocycles. The first-order chi connectivity index (χ1) is 45.1. The Morgan fingerprint density at radius 3 is 1.48 bits per heavy atom. The van der Waals surface area contributed by atoms with E-state index in [1.807, 2.05) is 0 Å². The predicted octanol–water partition coefficient (Wildman–Crippen LogP) is -4.23. The lowest BCUT2D eigenvalue weighted by Crippen LogP contribution is -2.46. The van der Waals surface area contributed by atoms with Crippen molar-refractivity contribution in [3.8, 4) is 0 Å². The van der Waals surface area contributed by atoms with Crippen LogP contribution in [-0.2, 0) is 84.6 Å². The summed E-state index contributed by atoms with van der Waals surface area (Å²) < 4.78 is 167. The number of aliphatic hydroxyl groups excluding tert-OH is 4. The molecule has 48 nitrogen and oxygen atoms in total. The number of anilines is 4. The number of rotatable bonds is 24. The quantitative estimate of drug-likeness (QED) is 0.0201. The van der Waals surface area contributed by atoms with E-state index in [0.717, 1.165) is 49.9 Å². The van der Waals surface area contributed by atoms with Crippen LogP contribution in [0.25, 0.3) is 44.7 Å². The number of nitrogens with two attached hydrogens (primary N) is 4. The van der Waals surface area contributed by atoms with Crippen LogP contribution in [-0.4, -0.2) is 218 Å². The summed E-state index contributed by atoms with van der Waals surface area (Å²) in [6, 6.07) is 0. The summed E-state index contributed by atoms with van der Waals surface area (Å²) in [5.74, 6) is -1.15. The number of ether oxygens (including phenoxy) is 4. The molecule has 12 heterocycles. The van der Waals surface area contributed by atoms with Gasteiger partial charge in [-0.05, 0) is 0 Å². The molecule has 522 valence electrons. The molecule has 0 aliphatic carbocycles. The normalized spacial score (nSPS) is 31.1. The average Bonchev–Trinajstić information content (AvgIpc) is 1.63. The second-order valence-corrected chi connectivity index (χ2v) is 28.6. The minimum atomic E-state index is -6.36. The molecule has 19 N–H and O–H groups in total. The highest BCUT2D eigenvalue weighted by molar-refractivity contribution is 7.66. The predicted molar refractivity (Wildman–Crippen MR) is 302 cm³/mol. The Kier molecular flexibility index (Phi) is 18.6. The SMILES string of the molecule is Cn1c[n+]([C@@H]2O[C@H](COP(=O)(O)OP(=O)(O)OP(=O)(O)OC[C@H]3O[C@@H](n4cnc5c(N)ncnc54)[C@@H](F)C3OP(=O)(O)OC[C@H]3O[C@@H](n4cnc5c(N)ncnc54)[C@@H](F)C3OP(=O)(O)OC[C@H]3O[C@@H](n4cnc5c(=O)[nH]c(N)nc54)[C@@H](O)C3O)[C@H](O)C2O)c2nc(N)[nH]c(=O)c21. The summed E-state index contributed by atoms with van der Waals surface area (Å²) >= 11 is 0. The molecule has 8 aromatic heterocycles. The van der Waals surface area contributed by atoms with Crippen LogP contribution in [0, 0.1) is 0 Å². The number of nitrogens with one attached hydrogen (secondary N) is 2. The van der Waals surface area contributed by atoms with E-state index in [-0.39, 0.29) is 68.2 Å². The summed E-state index contributed by atoms with van der Waals surface area (Å²) in [6.45, 7) is -5.29. The highest BCUT2D eigenvalue weighted by atomic mass is 31.3. The molecular weight excluding hydrogens is 1410 g/mol. The third-order valence-electron chi connectivity index (χ3n) is 14.8. The number of aromatic nitrogens is 16. The zero-order chi connectivity index (χ0) is 69.0. The van der Waals surface area contributed by atoms with E-state index < -0.39 is 175 Å². The smallest absolute Gasteiger partial charge is 0.387 e. The third-order valence-corrected chi connectivity index (χ3v) is 21.1. The monoisotopic (exact) mass is 1470 g/mol. The zero-order valence-corrected chi connectivity index (χ0v) is 52.3. The lowest BCUT2D eigenvalue weighted by molar-refractivity contribution is -0.745. The molecule has 4 saturated heterocycles. The number of fused-ring (bicyclic) bond motifs is 4. The van der Waals surface area contributed by atoms with Gasteiger partial charge in [-0.25, -0.2) is 71.1 Å². The molecular formula is C41H52F2N20O28P5+. The topological polar surface area (TPSA) is 688 Å². The highest BCUT2D eigenvalue weighted by Gasteiger charge is 2.56. The van der Waals surface area contributed by atoms with Crippen molar-refractivity contribution in [3.63, 3.8) is 0 Å². The second-order valence-electron chi connectivity index (χ2n) is 21.1. The van der Waals surface area contributed by atoms with Crippen molar-refractivity contribution in [1.82, 2.24) is 73.1 Å². The summed E-state index contributed by atoms with van der Waals surface area (Å²) in [5.41, 5.74) is 20.3. The molecule has 0 amide bonds. The van der Waals surface area contributed by atoms with Crippen molar-refractivity contribution in [2.24, 2.45) is 7.05 Å². The molecule has 0 aromatic carbocycles. The maximum absolute atomic E-state index is 17.0. The van der Waals surface area contributed by atoms with Crippen LogP contribution in [0.3, 0.4) is 0 Å². The van der Waals surface area contributed by atoms with Gasteiger partial charge in [0, 0.05) is 0 Å². The largest absolute Gasteiger partial charge is 0.490 e. The van der Waals surface area contributed by atoms with Gasteiger partial charge in [-0.2, -0.15) is 13.6 Å². The number of halogens is 2. The van der Waals surface area contributed by atoms with Gasteiger partial charge in [0.15, 0.2) is 71.4 Å². The Morgan fingerprint density at radius 1 is 0.531 bits per heavy atom. The number of H-pyrrole nitrogens is 2. The van der Waals surface area contributed by atoms with Gasteiger partial charge in [-0.1, -0.05) is 4.98 Å². The number of imidazole rings is 4. The van der Waals surface area contributed by atoms with Gasteiger partial charge in [0.1, 0.15) is 84.7 Å². The number of alkyl halides is 2. The summed E-state index contributed by atoms with van der Waals surface area (Å²) in [5, 5.41) is 43.4. The number of nitrogen functional groups attached to an aromatic ring is 4. The third kappa shape index (κ3) is 13.6. The molecule has 8 aromatic rings. The summed E-state index contributed by atoms with van der Waals surface area (Å²) in [6.07, 6.45) is -27.0. The van der Waals surface area contributed by atoms with Crippen molar-refractivity contribution >= 4 is 107 Å². The van der Waals surface area contributed by atoms with Crippen molar-refractivity contribution in [3.05, 3.63) is 58.7 Å². The molecule has 0 bridgehead atoms. The Hall–Kier alpha value is -6.83. The Morgan fingerprint density at radius 2 is 0.958 bits per heavy atom. The maximum atomic E-state index is 17.0. The molecule has 96 heavy (non-hydrogen) atoms. The maximum Gasteiger partial charge on any atom is 0.490 e. The fourth-order valence-corrected chi connectivity index (χ4v) is 16.0. The minimum Gasteiger partial charge on any atom is -0.387 e. The van der Waals surface area contributed by atoms with Gasteiger partial charge in [0.25, 0.3) is 17.1 Å². The molecule has 4 fully saturated rings. The minimum absolute atomic E-state index is 0.0647. The van der Waals surface area contributed by atoms with Crippen LogP contribution in [0.15, 0.2) is 47.6 Å². The first-order valence-corrected chi connectivity index (χ1v) is 34.5. The van der Waals surface area contributed by atoms with E-state index in [1.54, 1.807) is 0 Å². The van der Waals surface area contributed by atoms with E-state index >= 15 is 8.78 Å². The van der Waals surface area contributed by atoms with E-state index in [4.69, 9.17) is 64.5 Å². The van der Waals surface area contributed by atoms with Crippen molar-refractivity contribution in [2.45, 2.75) is 98.3 Å². The number of hydrogen-bond acceptors (Lipinski definition) is 36. The molecule has 0 spiro atoms. The Balaban J connectivity index is 0.726. The van der Waals surface area contributed by atoms with Gasteiger partial charge in [0.2, 0.25) is 17.7 Å². The number of hydrogen-bond donors (Lipinski definition) is 15. The molecule has 12 rings (SSSR count). The molecule has 0 saturated carbocycles. The highest BCUT2D eigenvalue weighted by Crippen LogP contribution is 2.68. The van der Waals surface area contributed by atoms with E-state index in [1.165, 1.54) is 17.9 Å². The molecule has 9 unspecified atom stereocenters. The van der Waals surface area contributed by atoms with E-state index in [0.29, 0.717) is 0 Å². The van der Waals surface area contributed by atoms with Gasteiger partial charge in [0.05, 0.1) is 52.5 Å². The number of phosphoric ester groups is 4. The van der Waals surface area contributed by atoms with Crippen LogP contribution in [0.1, 0.15) is 24.9 Å². The van der Waals surface area contributed by atoms with Crippen molar-refractivity contribution in [2.75, 3.05) is 49.4 Å². The fraction of sp³-hybridized carbons (Fsp3) is 0.512. The van der Waals surface area contributed by atoms with Crippen molar-refractivity contribution in [1.29, 1.82) is 0 Å². The van der Waals surface area contributed by atoms with Gasteiger partial charge < -0.3 is 86.8 Å². The van der Waals surface area contributed by atoms with Gasteiger partial charge >= 0.3 is 44.8 Å².